The van der Waals surface area contributed by atoms with E-state index in [2.05, 4.69) is 10.3 Å². The quantitative estimate of drug-likeness (QED) is 0.639. The summed E-state index contributed by atoms with van der Waals surface area (Å²) in [4.78, 5) is 37.7. The lowest BCUT2D eigenvalue weighted by molar-refractivity contribution is 0.0728. The summed E-state index contributed by atoms with van der Waals surface area (Å²) in [5, 5.41) is 3.85. The van der Waals surface area contributed by atoms with E-state index in [1.54, 1.807) is 29.2 Å². The van der Waals surface area contributed by atoms with Crippen molar-refractivity contribution < 1.29 is 9.63 Å². The minimum absolute atomic E-state index is 0.0754. The minimum atomic E-state index is -0.315. The van der Waals surface area contributed by atoms with Crippen molar-refractivity contribution in [3.05, 3.63) is 91.9 Å². The molecule has 0 fully saturated rings. The first-order valence-electron chi connectivity index (χ1n) is 10.4. The van der Waals surface area contributed by atoms with Crippen LogP contribution in [0.3, 0.4) is 0 Å². The van der Waals surface area contributed by atoms with Gasteiger partial charge in [-0.05, 0) is 43.7 Å². The fourth-order valence-corrected chi connectivity index (χ4v) is 3.93. The van der Waals surface area contributed by atoms with Gasteiger partial charge in [0.25, 0.3) is 11.5 Å². The number of aryl methyl sites for hydroxylation is 1. The lowest BCUT2D eigenvalue weighted by atomic mass is 10.1. The van der Waals surface area contributed by atoms with E-state index in [0.717, 1.165) is 10.3 Å². The number of rotatable bonds is 5. The number of benzene rings is 2. The van der Waals surface area contributed by atoms with Crippen molar-refractivity contribution in [2.75, 3.05) is 19.0 Å². The predicted octanol–water partition coefficient (Wildman–Crippen LogP) is 3.64. The third-order valence-electron chi connectivity index (χ3n) is 5.68. The van der Waals surface area contributed by atoms with E-state index in [-0.39, 0.29) is 24.1 Å². The van der Waals surface area contributed by atoms with Crippen molar-refractivity contribution in [3.8, 4) is 0 Å². The van der Waals surface area contributed by atoms with Gasteiger partial charge in [0.1, 0.15) is 7.11 Å². The van der Waals surface area contributed by atoms with Crippen LogP contribution in [-0.4, -0.2) is 34.2 Å². The summed E-state index contributed by atoms with van der Waals surface area (Å²) < 4.78 is 1.15. The van der Waals surface area contributed by atoms with Crippen LogP contribution in [0.15, 0.2) is 53.3 Å². The molecule has 166 valence electrons. The van der Waals surface area contributed by atoms with Gasteiger partial charge in [-0.2, -0.15) is 0 Å². The van der Waals surface area contributed by atoms with Crippen molar-refractivity contribution in [2.24, 2.45) is 0 Å². The molecule has 1 amide bonds. The first-order chi connectivity index (χ1) is 15.4. The van der Waals surface area contributed by atoms with Crippen LogP contribution in [0, 0.1) is 6.92 Å². The van der Waals surface area contributed by atoms with Gasteiger partial charge in [-0.25, -0.2) is 4.98 Å². The molecule has 8 heteroatoms. The second-order valence-corrected chi connectivity index (χ2v) is 8.34. The SMILES string of the molecule is COn1c(N[C@@H](C)c2ccc(C)cc2)nc2c(c1=O)CN(C(=O)c1ccc(Cl)cc1)CC2. The van der Waals surface area contributed by atoms with Crippen LogP contribution in [0.1, 0.15) is 45.7 Å². The van der Waals surface area contributed by atoms with Crippen LogP contribution < -0.4 is 15.7 Å². The van der Waals surface area contributed by atoms with Crippen molar-refractivity contribution in [1.29, 1.82) is 0 Å². The van der Waals surface area contributed by atoms with Crippen LogP contribution in [0.25, 0.3) is 0 Å². The van der Waals surface area contributed by atoms with Gasteiger partial charge in [0.2, 0.25) is 5.95 Å². The fourth-order valence-electron chi connectivity index (χ4n) is 3.80. The van der Waals surface area contributed by atoms with E-state index < -0.39 is 0 Å². The molecule has 0 saturated heterocycles. The second-order valence-electron chi connectivity index (χ2n) is 7.90. The van der Waals surface area contributed by atoms with Gasteiger partial charge in [0.05, 0.1) is 23.8 Å². The number of fused-ring (bicyclic) bond motifs is 1. The molecule has 1 N–H and O–H groups in total. The lowest BCUT2D eigenvalue weighted by Gasteiger charge is -2.29. The summed E-state index contributed by atoms with van der Waals surface area (Å²) in [6.45, 7) is 4.70. The van der Waals surface area contributed by atoms with Crippen molar-refractivity contribution in [2.45, 2.75) is 32.9 Å². The predicted molar refractivity (Wildman–Crippen MR) is 124 cm³/mol. The molecule has 2 aromatic carbocycles. The summed E-state index contributed by atoms with van der Waals surface area (Å²) in [5.74, 6) is 0.202. The highest BCUT2D eigenvalue weighted by atomic mass is 35.5. The van der Waals surface area contributed by atoms with Gasteiger partial charge in [-0.3, -0.25) is 9.59 Å². The molecule has 2 heterocycles. The van der Waals surface area contributed by atoms with E-state index in [0.29, 0.717) is 40.8 Å². The average Bonchev–Trinajstić information content (AvgIpc) is 2.79. The third kappa shape index (κ3) is 4.34. The maximum Gasteiger partial charge on any atom is 0.293 e. The smallest absolute Gasteiger partial charge is 0.293 e. The van der Waals surface area contributed by atoms with Crippen molar-refractivity contribution >= 4 is 23.5 Å². The summed E-state index contributed by atoms with van der Waals surface area (Å²) in [6, 6.07) is 14.8. The van der Waals surface area contributed by atoms with E-state index in [1.165, 1.54) is 12.7 Å². The molecule has 4 rings (SSSR count). The molecule has 7 nitrogen and oxygen atoms in total. The molecule has 0 unspecified atom stereocenters. The fraction of sp³-hybridized carbons (Fsp3) is 0.292. The Hall–Kier alpha value is -3.32. The Morgan fingerprint density at radius 1 is 1.16 bits per heavy atom. The monoisotopic (exact) mass is 452 g/mol. The third-order valence-corrected chi connectivity index (χ3v) is 5.93. The van der Waals surface area contributed by atoms with Crippen LogP contribution in [-0.2, 0) is 13.0 Å². The number of halogens is 1. The first kappa shape index (κ1) is 21.9. The second kappa shape index (κ2) is 9.04. The molecule has 0 radical (unpaired) electrons. The normalized spacial score (nSPS) is 13.9. The first-order valence-corrected chi connectivity index (χ1v) is 10.8. The number of amides is 1. The molecule has 1 atom stereocenters. The average molecular weight is 453 g/mol. The molecule has 0 bridgehead atoms. The standard InChI is InChI=1S/C24H25ClN4O3/c1-15-4-6-17(7-5-15)16(2)26-24-27-21-12-13-28(14-20(21)23(31)29(24)32-3)22(30)18-8-10-19(25)11-9-18/h4-11,16H,12-14H2,1-3H3,(H,26,27)/t16-/m0/s1. The van der Waals surface area contributed by atoms with Crippen LogP contribution in [0.4, 0.5) is 5.95 Å². The highest BCUT2D eigenvalue weighted by Gasteiger charge is 2.27. The lowest BCUT2D eigenvalue weighted by Crippen LogP contribution is -2.42. The van der Waals surface area contributed by atoms with Gasteiger partial charge in [-0.15, -0.1) is 4.73 Å². The molecule has 1 aliphatic rings. The van der Waals surface area contributed by atoms with E-state index in [9.17, 15) is 9.59 Å². The Bertz CT molecular complexity index is 1190. The number of carbonyl (C=O) groups is 1. The molecule has 0 aliphatic carbocycles. The van der Waals surface area contributed by atoms with Gasteiger partial charge >= 0.3 is 0 Å². The highest BCUT2D eigenvalue weighted by molar-refractivity contribution is 6.30. The summed E-state index contributed by atoms with van der Waals surface area (Å²) in [7, 11) is 1.43. The number of nitrogens with one attached hydrogen (secondary N) is 1. The molecule has 3 aromatic rings. The maximum absolute atomic E-state index is 13.2. The Balaban J connectivity index is 1.60. The van der Waals surface area contributed by atoms with Crippen LogP contribution >= 0.6 is 11.6 Å². The Morgan fingerprint density at radius 3 is 2.50 bits per heavy atom. The molecule has 0 saturated carbocycles. The van der Waals surface area contributed by atoms with Crippen LogP contribution in [0.2, 0.25) is 5.02 Å². The number of carbonyl (C=O) groups excluding carboxylic acids is 1. The Morgan fingerprint density at radius 2 is 1.84 bits per heavy atom. The maximum atomic E-state index is 13.2. The molecule has 1 aromatic heterocycles. The topological polar surface area (TPSA) is 76.5 Å². The van der Waals surface area contributed by atoms with Crippen molar-refractivity contribution in [1.82, 2.24) is 14.6 Å². The van der Waals surface area contributed by atoms with Crippen molar-refractivity contribution in [3.63, 3.8) is 0 Å². The number of hydrogen-bond donors (Lipinski definition) is 1. The molecule has 1 aliphatic heterocycles. The van der Waals surface area contributed by atoms with Gasteiger partial charge in [-0.1, -0.05) is 41.4 Å². The molecular formula is C24H25ClN4O3. The minimum Gasteiger partial charge on any atom is -0.411 e. The van der Waals surface area contributed by atoms with E-state index in [4.69, 9.17) is 16.4 Å². The van der Waals surface area contributed by atoms with Gasteiger partial charge in [0, 0.05) is 23.6 Å². The zero-order valence-corrected chi connectivity index (χ0v) is 19.0. The zero-order chi connectivity index (χ0) is 22.8. The summed E-state index contributed by atoms with van der Waals surface area (Å²) in [6.07, 6.45) is 0.488. The summed E-state index contributed by atoms with van der Waals surface area (Å²) in [5.41, 5.74) is 3.62. The number of nitrogens with zero attached hydrogens (tertiary/aromatic N) is 3. The number of anilines is 1. The zero-order valence-electron chi connectivity index (χ0n) is 18.3. The Labute approximate surface area is 191 Å². The molecule has 32 heavy (non-hydrogen) atoms. The van der Waals surface area contributed by atoms with E-state index in [1.807, 2.05) is 38.1 Å². The highest BCUT2D eigenvalue weighted by Crippen LogP contribution is 2.22. The molecular weight excluding hydrogens is 428 g/mol. The van der Waals surface area contributed by atoms with Gasteiger partial charge < -0.3 is 15.1 Å². The van der Waals surface area contributed by atoms with Crippen LogP contribution in [0.5, 0.6) is 0 Å². The Kier molecular flexibility index (Phi) is 6.19. The largest absolute Gasteiger partial charge is 0.411 e. The number of hydrogen-bond acceptors (Lipinski definition) is 5. The number of aromatic nitrogens is 2. The molecule has 0 spiro atoms. The summed E-state index contributed by atoms with van der Waals surface area (Å²) >= 11 is 5.92. The van der Waals surface area contributed by atoms with Gasteiger partial charge in [0.15, 0.2) is 0 Å². The van der Waals surface area contributed by atoms with E-state index >= 15 is 0 Å².